The molecule has 0 radical (unpaired) electrons. The van der Waals surface area contributed by atoms with Crippen LogP contribution in [0.3, 0.4) is 0 Å². The van der Waals surface area contributed by atoms with E-state index in [0.29, 0.717) is 44.4 Å². The van der Waals surface area contributed by atoms with Gasteiger partial charge in [-0.3, -0.25) is 4.79 Å². The second-order valence-corrected chi connectivity index (χ2v) is 17.6. The standard InChI is InChI=1S/C40H59NO10/c1-19-11-25-5-7-29-20(2)12-27(44-29)9-10-40-17-34-36(50-40)37-38(49-34)39(51-40)35-30(48-37)8-6-26(46-35)13-23(42)14-28-22(4)31(15-24(43)18-41)47-33(28)16-32(45-25)21(19)3/h19,22,24-39,43H,2-3,5-18,41H2,1,4H3/t19-,22-,24+,25+,26-,27?,28-,29?,30+,31-,32-,33?,34-,35+,36+,37+,38-,39?,40+/m1/s1. The third kappa shape index (κ3) is 6.53. The van der Waals surface area contributed by atoms with Gasteiger partial charge in [-0.1, -0.05) is 27.0 Å². The molecular weight excluding hydrogens is 654 g/mol. The van der Waals surface area contributed by atoms with Crippen LogP contribution in [0.1, 0.15) is 97.3 Å². The van der Waals surface area contributed by atoms with E-state index in [4.69, 9.17) is 43.6 Å². The van der Waals surface area contributed by atoms with Crippen molar-refractivity contribution in [1.82, 2.24) is 0 Å². The van der Waals surface area contributed by atoms with Crippen molar-refractivity contribution in [2.45, 2.75) is 195 Å². The van der Waals surface area contributed by atoms with Crippen molar-refractivity contribution in [3.63, 3.8) is 0 Å². The zero-order chi connectivity index (χ0) is 35.2. The molecule has 3 N–H and O–H groups in total. The van der Waals surface area contributed by atoms with Gasteiger partial charge in [0.2, 0.25) is 0 Å². The quantitative estimate of drug-likeness (QED) is 0.410. The van der Waals surface area contributed by atoms with Crippen molar-refractivity contribution in [3.05, 3.63) is 24.3 Å². The number of carbonyl (C=O) groups excluding carboxylic acids is 1. The summed E-state index contributed by atoms with van der Waals surface area (Å²) in [5, 5.41) is 10.5. The van der Waals surface area contributed by atoms with Crippen LogP contribution in [0.5, 0.6) is 0 Å². The summed E-state index contributed by atoms with van der Waals surface area (Å²) < 4.78 is 54.0. The minimum absolute atomic E-state index is 0.00127. The van der Waals surface area contributed by atoms with E-state index in [9.17, 15) is 9.90 Å². The van der Waals surface area contributed by atoms with Crippen molar-refractivity contribution in [1.29, 1.82) is 0 Å². The number of nitrogens with two attached hydrogens (primary N) is 1. The number of fused-ring (bicyclic) bond motifs is 6. The van der Waals surface area contributed by atoms with E-state index in [1.165, 1.54) is 0 Å². The second kappa shape index (κ2) is 13.8. The number of aliphatic hydroxyl groups is 1. The van der Waals surface area contributed by atoms with E-state index in [2.05, 4.69) is 27.0 Å². The van der Waals surface area contributed by atoms with Crippen LogP contribution in [-0.2, 0) is 42.7 Å². The van der Waals surface area contributed by atoms with E-state index in [-0.39, 0.29) is 110 Å². The first-order valence-corrected chi connectivity index (χ1v) is 20.1. The van der Waals surface area contributed by atoms with Crippen LogP contribution in [0.25, 0.3) is 0 Å². The Morgan fingerprint density at radius 1 is 0.765 bits per heavy atom. The maximum atomic E-state index is 14.0. The number of hydrogen-bond donors (Lipinski definition) is 2. The number of ketones is 1. The first-order chi connectivity index (χ1) is 24.6. The molecule has 284 valence electrons. The molecule has 10 rings (SSSR count). The molecule has 11 nitrogen and oxygen atoms in total. The molecule has 0 aromatic carbocycles. The van der Waals surface area contributed by atoms with Gasteiger partial charge in [0.15, 0.2) is 5.79 Å². The molecule has 10 aliphatic heterocycles. The number of hydrogen-bond acceptors (Lipinski definition) is 11. The topological polar surface area (TPSA) is 137 Å². The van der Waals surface area contributed by atoms with Gasteiger partial charge in [0.25, 0.3) is 0 Å². The fourth-order valence-corrected chi connectivity index (χ4v) is 11.3. The maximum Gasteiger partial charge on any atom is 0.172 e. The average molecular weight is 714 g/mol. The second-order valence-electron chi connectivity index (χ2n) is 17.6. The summed E-state index contributed by atoms with van der Waals surface area (Å²) in [6.07, 6.45) is 6.43. The Morgan fingerprint density at radius 3 is 2.35 bits per heavy atom. The molecule has 0 saturated carbocycles. The summed E-state index contributed by atoms with van der Waals surface area (Å²) in [5.41, 5.74) is 8.06. The fraction of sp³-hybridized carbons (Fsp3) is 0.875. The number of ether oxygens (including phenoxy) is 8. The third-order valence-corrected chi connectivity index (χ3v) is 14.2. The largest absolute Gasteiger partial charge is 0.392 e. The molecule has 0 aromatic rings. The molecule has 1 spiro atoms. The molecule has 10 fully saturated rings. The highest BCUT2D eigenvalue weighted by Gasteiger charge is 2.68. The van der Waals surface area contributed by atoms with Crippen LogP contribution in [0, 0.1) is 17.8 Å². The van der Waals surface area contributed by atoms with Crippen LogP contribution < -0.4 is 5.73 Å². The summed E-state index contributed by atoms with van der Waals surface area (Å²) in [5.74, 6) is -0.222. The highest BCUT2D eigenvalue weighted by Crippen LogP contribution is 2.54. The normalized spacial score (nSPS) is 53.2. The van der Waals surface area contributed by atoms with Gasteiger partial charge >= 0.3 is 0 Å². The molecule has 12 bridgehead atoms. The minimum Gasteiger partial charge on any atom is -0.392 e. The summed E-state index contributed by atoms with van der Waals surface area (Å²) >= 11 is 0. The zero-order valence-electron chi connectivity index (χ0n) is 30.4. The van der Waals surface area contributed by atoms with Gasteiger partial charge < -0.3 is 48.7 Å². The molecule has 51 heavy (non-hydrogen) atoms. The van der Waals surface area contributed by atoms with Crippen molar-refractivity contribution >= 4 is 5.78 Å². The molecule has 0 amide bonds. The predicted octanol–water partition coefficient (Wildman–Crippen LogP) is 4.06. The summed E-state index contributed by atoms with van der Waals surface area (Å²) in [4.78, 5) is 14.0. The number of Topliss-reactive ketones (excluding diaryl/α,β-unsaturated/α-hetero) is 1. The lowest BCUT2D eigenvalue weighted by atomic mass is 9.78. The van der Waals surface area contributed by atoms with Crippen molar-refractivity contribution in [2.75, 3.05) is 6.54 Å². The van der Waals surface area contributed by atoms with Crippen LogP contribution in [0.15, 0.2) is 24.3 Å². The molecule has 10 aliphatic rings. The predicted molar refractivity (Wildman–Crippen MR) is 185 cm³/mol. The SMILES string of the molecule is C=C1CC2CC[C@@]34C[C@H]5O[C@H]6C(O3)[C@H]3O[C@H](CC[C@@H]3O[C@H]6[C@H]5O4)CC(=O)C[C@H]3C(C[C@H]4O[C@@H](CCC1O2)C[C@@H](C)C4=C)O[C@H](C[C@H](O)CN)[C@@H]3C. The Hall–Kier alpha value is -1.25. The third-order valence-electron chi connectivity index (χ3n) is 14.2. The molecule has 11 heteroatoms. The van der Waals surface area contributed by atoms with E-state index in [1.54, 1.807) is 0 Å². The monoisotopic (exact) mass is 713 g/mol. The van der Waals surface area contributed by atoms with Crippen molar-refractivity contribution < 1.29 is 47.8 Å². The molecule has 10 heterocycles. The summed E-state index contributed by atoms with van der Waals surface area (Å²) in [7, 11) is 0. The average Bonchev–Trinajstić information content (AvgIpc) is 3.77. The van der Waals surface area contributed by atoms with E-state index >= 15 is 0 Å². The molecule has 0 aliphatic carbocycles. The van der Waals surface area contributed by atoms with Gasteiger partial charge in [-0.15, -0.1) is 0 Å². The molecule has 0 aromatic heterocycles. The Morgan fingerprint density at radius 2 is 1.51 bits per heavy atom. The lowest BCUT2D eigenvalue weighted by Gasteiger charge is -2.47. The van der Waals surface area contributed by atoms with E-state index in [1.807, 2.05) is 0 Å². The Balaban J connectivity index is 0.986. The van der Waals surface area contributed by atoms with Crippen LogP contribution in [-0.4, -0.2) is 115 Å². The number of carbonyl (C=O) groups is 1. The Labute approximate surface area is 302 Å². The molecular formula is C40H59NO10. The van der Waals surface area contributed by atoms with Gasteiger partial charge in [0.05, 0.1) is 61.0 Å². The van der Waals surface area contributed by atoms with Crippen molar-refractivity contribution in [3.8, 4) is 0 Å². The van der Waals surface area contributed by atoms with Crippen LogP contribution in [0.2, 0.25) is 0 Å². The number of aliphatic hydroxyl groups excluding tert-OH is 1. The van der Waals surface area contributed by atoms with Gasteiger partial charge in [-0.05, 0) is 73.8 Å². The number of rotatable bonds is 3. The van der Waals surface area contributed by atoms with Crippen LogP contribution >= 0.6 is 0 Å². The first-order valence-electron chi connectivity index (χ1n) is 20.1. The van der Waals surface area contributed by atoms with Gasteiger partial charge in [-0.2, -0.15) is 0 Å². The highest BCUT2D eigenvalue weighted by atomic mass is 16.8. The van der Waals surface area contributed by atoms with Gasteiger partial charge in [0, 0.05) is 45.1 Å². The maximum absolute atomic E-state index is 14.0. The summed E-state index contributed by atoms with van der Waals surface area (Å²) in [6.45, 7) is 13.5. The first kappa shape index (κ1) is 35.5. The van der Waals surface area contributed by atoms with E-state index < -0.39 is 11.9 Å². The summed E-state index contributed by atoms with van der Waals surface area (Å²) in [6, 6.07) is 0. The van der Waals surface area contributed by atoms with E-state index in [0.717, 1.165) is 56.1 Å². The van der Waals surface area contributed by atoms with Gasteiger partial charge in [0.1, 0.15) is 36.3 Å². The Kier molecular flexibility index (Phi) is 9.59. The van der Waals surface area contributed by atoms with Gasteiger partial charge in [-0.25, -0.2) is 0 Å². The molecule has 4 unspecified atom stereocenters. The molecule has 10 saturated heterocycles. The van der Waals surface area contributed by atoms with Crippen molar-refractivity contribution in [2.24, 2.45) is 23.5 Å². The Bertz CT molecular complexity index is 1360. The van der Waals surface area contributed by atoms with Crippen LogP contribution in [0.4, 0.5) is 0 Å². The minimum atomic E-state index is -0.765. The highest BCUT2D eigenvalue weighted by molar-refractivity contribution is 5.79. The fourth-order valence-electron chi connectivity index (χ4n) is 11.3. The lowest BCUT2D eigenvalue weighted by molar-refractivity contribution is -0.292. The zero-order valence-corrected chi connectivity index (χ0v) is 30.4. The lowest BCUT2D eigenvalue weighted by Crippen LogP contribution is -2.61. The molecule has 19 atom stereocenters. The smallest absolute Gasteiger partial charge is 0.172 e.